The van der Waals surface area contributed by atoms with Crippen molar-refractivity contribution >= 4 is 21.6 Å². The topological polar surface area (TPSA) is 54.4 Å². The van der Waals surface area contributed by atoms with Gasteiger partial charge in [-0.25, -0.2) is 0 Å². The third kappa shape index (κ3) is 2.39. The third-order valence-electron chi connectivity index (χ3n) is 2.39. The molecule has 1 aliphatic rings. The van der Waals surface area contributed by atoms with Crippen molar-refractivity contribution < 1.29 is 13.5 Å². The van der Waals surface area contributed by atoms with E-state index in [-0.39, 0.29) is 0 Å². The van der Waals surface area contributed by atoms with Crippen molar-refractivity contribution in [3.63, 3.8) is 0 Å². The van der Waals surface area contributed by atoms with Crippen LogP contribution in [0.25, 0.3) is 0 Å². The van der Waals surface area contributed by atoms with Gasteiger partial charge in [-0.05, 0) is 19.8 Å². The van der Waals surface area contributed by atoms with Gasteiger partial charge in [0.2, 0.25) is 0 Å². The van der Waals surface area contributed by atoms with E-state index >= 15 is 0 Å². The van der Waals surface area contributed by atoms with Gasteiger partial charge in [-0.3, -0.25) is 8.42 Å². The van der Waals surface area contributed by atoms with Crippen molar-refractivity contribution in [2.24, 2.45) is 0 Å². The Morgan fingerprint density at radius 1 is 1.38 bits per heavy atom. The van der Waals surface area contributed by atoms with Crippen molar-refractivity contribution in [1.82, 2.24) is 0 Å². The molecule has 0 aliphatic carbocycles. The van der Waals surface area contributed by atoms with E-state index in [1.54, 1.807) is 6.92 Å². The molecule has 1 saturated heterocycles. The zero-order chi connectivity index (χ0) is 10.1. The maximum absolute atomic E-state index is 11.6. The zero-order valence-electron chi connectivity index (χ0n) is 7.99. The third-order valence-corrected chi connectivity index (χ3v) is 7.03. The fraction of sp³-hybridized carbons (Fsp3) is 1.00. The van der Waals surface area contributed by atoms with Gasteiger partial charge < -0.3 is 5.11 Å². The summed E-state index contributed by atoms with van der Waals surface area (Å²) in [6, 6.07) is 0. The second-order valence-electron chi connectivity index (χ2n) is 3.57. The number of aliphatic hydroxyl groups is 1. The molecular formula is C8H16O3S2. The minimum absolute atomic E-state index is 0.495. The molecule has 5 heteroatoms. The Morgan fingerprint density at radius 3 is 2.23 bits per heavy atom. The summed E-state index contributed by atoms with van der Waals surface area (Å²) >= 11 is 0. The lowest BCUT2D eigenvalue weighted by Gasteiger charge is -2.32. The summed E-state index contributed by atoms with van der Waals surface area (Å²) in [7, 11) is -2.26. The summed E-state index contributed by atoms with van der Waals surface area (Å²) in [5.41, 5.74) is -1.05. The highest BCUT2D eigenvalue weighted by Crippen LogP contribution is 2.26. The first-order valence-electron chi connectivity index (χ1n) is 4.46. The van der Waals surface area contributed by atoms with E-state index in [0.29, 0.717) is 17.9 Å². The van der Waals surface area contributed by atoms with E-state index in [9.17, 15) is 13.5 Å². The van der Waals surface area contributed by atoms with Gasteiger partial charge in [0.05, 0.1) is 5.60 Å². The minimum Gasteiger partial charge on any atom is -0.388 e. The molecule has 0 bridgehead atoms. The molecule has 3 atom stereocenters. The molecule has 1 fully saturated rings. The summed E-state index contributed by atoms with van der Waals surface area (Å²) in [5, 5.41) is 9.90. The molecule has 0 aromatic rings. The minimum atomic E-state index is -1.13. The zero-order valence-corrected chi connectivity index (χ0v) is 9.62. The van der Waals surface area contributed by atoms with Crippen LogP contribution in [0, 0.1) is 0 Å². The Morgan fingerprint density at radius 2 is 1.85 bits per heavy atom. The average molecular weight is 224 g/mol. The molecular weight excluding hydrogens is 208 g/mol. The van der Waals surface area contributed by atoms with E-state index in [1.807, 2.05) is 6.92 Å². The first kappa shape index (κ1) is 11.3. The van der Waals surface area contributed by atoms with Crippen LogP contribution < -0.4 is 0 Å². The highest BCUT2D eigenvalue weighted by molar-refractivity contribution is 8.03. The maximum Gasteiger partial charge on any atom is 0.138 e. The predicted octanol–water partition coefficient (Wildman–Crippen LogP) is 0.375. The molecule has 0 saturated carbocycles. The van der Waals surface area contributed by atoms with Gasteiger partial charge in [0, 0.05) is 33.1 Å². The molecule has 0 spiro atoms. The molecule has 78 valence electrons. The molecule has 3 nitrogen and oxygen atoms in total. The second kappa shape index (κ2) is 4.19. The van der Waals surface area contributed by atoms with Crippen LogP contribution in [0.3, 0.4) is 0 Å². The fourth-order valence-corrected chi connectivity index (χ4v) is 5.88. The Labute approximate surface area is 83.8 Å². The quantitative estimate of drug-likeness (QED) is 0.737. The smallest absolute Gasteiger partial charge is 0.138 e. The van der Waals surface area contributed by atoms with Gasteiger partial charge >= 0.3 is 0 Å². The summed E-state index contributed by atoms with van der Waals surface area (Å²) in [6.07, 6.45) is 1.24. The molecule has 0 aromatic carbocycles. The van der Waals surface area contributed by atoms with E-state index in [4.69, 9.17) is 0 Å². The molecule has 1 rings (SSSR count). The van der Waals surface area contributed by atoms with Crippen LogP contribution in [-0.2, 0) is 21.6 Å². The van der Waals surface area contributed by atoms with Crippen molar-refractivity contribution in [2.45, 2.75) is 36.9 Å². The lowest BCUT2D eigenvalue weighted by Crippen LogP contribution is -2.48. The predicted molar refractivity (Wildman–Crippen MR) is 55.3 cm³/mol. The van der Waals surface area contributed by atoms with Gasteiger partial charge in [0.1, 0.15) is 4.58 Å². The summed E-state index contributed by atoms with van der Waals surface area (Å²) < 4.78 is 22.6. The van der Waals surface area contributed by atoms with Gasteiger partial charge in [-0.2, -0.15) is 0 Å². The number of rotatable bonds is 2. The summed E-state index contributed by atoms with van der Waals surface area (Å²) in [6.45, 7) is 3.45. The number of hydrogen-bond donors (Lipinski definition) is 1. The molecule has 0 radical (unpaired) electrons. The first-order valence-corrected chi connectivity index (χ1v) is 7.22. The Kier molecular flexibility index (Phi) is 3.65. The second-order valence-corrected chi connectivity index (χ2v) is 7.15. The van der Waals surface area contributed by atoms with Gasteiger partial charge in [0.15, 0.2) is 0 Å². The summed E-state index contributed by atoms with van der Waals surface area (Å²) in [5.74, 6) is 1.15. The molecule has 1 heterocycles. The first-order chi connectivity index (χ1) is 5.99. The van der Waals surface area contributed by atoms with Crippen molar-refractivity contribution in [2.75, 3.05) is 11.5 Å². The average Bonchev–Trinajstić information content (AvgIpc) is 2.03. The molecule has 1 unspecified atom stereocenters. The molecule has 1 N–H and O–H groups in total. The van der Waals surface area contributed by atoms with Crippen LogP contribution in [0.15, 0.2) is 0 Å². The van der Waals surface area contributed by atoms with Crippen LogP contribution in [0.4, 0.5) is 0 Å². The van der Waals surface area contributed by atoms with E-state index in [2.05, 4.69) is 0 Å². The van der Waals surface area contributed by atoms with Crippen LogP contribution in [0.2, 0.25) is 0 Å². The molecule has 1 aliphatic heterocycles. The standard InChI is InChI=1S/C8H16O3S2/c1-3-8(2,9)7-12(10)5-4-6-13(7)11/h7,9H,3-6H2,1-2H3/t8?,12-,13-/m1/s1. The fourth-order valence-electron chi connectivity index (χ4n) is 1.41. The Hall–Kier alpha value is 0.260. The van der Waals surface area contributed by atoms with Crippen molar-refractivity contribution in [3.05, 3.63) is 0 Å². The van der Waals surface area contributed by atoms with E-state index in [0.717, 1.165) is 6.42 Å². The van der Waals surface area contributed by atoms with E-state index in [1.165, 1.54) is 0 Å². The van der Waals surface area contributed by atoms with E-state index < -0.39 is 31.8 Å². The van der Waals surface area contributed by atoms with Crippen molar-refractivity contribution in [1.29, 1.82) is 0 Å². The monoisotopic (exact) mass is 224 g/mol. The van der Waals surface area contributed by atoms with Crippen LogP contribution in [0.1, 0.15) is 26.7 Å². The largest absolute Gasteiger partial charge is 0.388 e. The summed E-state index contributed by atoms with van der Waals surface area (Å²) in [4.78, 5) is 0. The molecule has 13 heavy (non-hydrogen) atoms. The Balaban J connectivity index is 2.86. The van der Waals surface area contributed by atoms with Gasteiger partial charge in [-0.15, -0.1) is 0 Å². The van der Waals surface area contributed by atoms with Gasteiger partial charge in [-0.1, -0.05) is 6.92 Å². The highest BCUT2D eigenvalue weighted by atomic mass is 32.2. The van der Waals surface area contributed by atoms with Crippen LogP contribution in [0.5, 0.6) is 0 Å². The molecule has 0 amide bonds. The SMILES string of the molecule is CCC(C)(O)C1[S@](=O)CCC[S@]1=O. The van der Waals surface area contributed by atoms with Crippen molar-refractivity contribution in [3.8, 4) is 0 Å². The number of hydrogen-bond acceptors (Lipinski definition) is 3. The Bertz CT molecular complexity index is 222. The normalized spacial score (nSPS) is 35.6. The lowest BCUT2D eigenvalue weighted by molar-refractivity contribution is 0.0712. The lowest BCUT2D eigenvalue weighted by atomic mass is 10.1. The van der Waals surface area contributed by atoms with Gasteiger partial charge in [0.25, 0.3) is 0 Å². The van der Waals surface area contributed by atoms with Crippen LogP contribution >= 0.6 is 0 Å². The maximum atomic E-state index is 11.6. The molecule has 0 aromatic heterocycles. The highest BCUT2D eigenvalue weighted by Gasteiger charge is 2.41. The van der Waals surface area contributed by atoms with Crippen LogP contribution in [-0.4, -0.2) is 35.2 Å².